The van der Waals surface area contributed by atoms with Crippen LogP contribution in [-0.4, -0.2) is 16.1 Å². The van der Waals surface area contributed by atoms with E-state index in [4.69, 9.17) is 5.73 Å². The van der Waals surface area contributed by atoms with Crippen LogP contribution in [0.15, 0.2) is 71.5 Å². The number of hydrogen-bond acceptors (Lipinski definition) is 4. The maximum atomic E-state index is 12.3. The van der Waals surface area contributed by atoms with E-state index in [2.05, 4.69) is 10.3 Å². The molecule has 26 heavy (non-hydrogen) atoms. The van der Waals surface area contributed by atoms with Crippen LogP contribution in [0.4, 0.5) is 5.69 Å². The van der Waals surface area contributed by atoms with E-state index in [-0.39, 0.29) is 12.1 Å². The van der Waals surface area contributed by atoms with E-state index in [1.54, 1.807) is 48.5 Å². The number of pyridine rings is 1. The van der Waals surface area contributed by atoms with Crippen molar-refractivity contribution in [3.05, 3.63) is 88.2 Å². The molecule has 0 fully saturated rings. The van der Waals surface area contributed by atoms with Gasteiger partial charge in [0.25, 0.3) is 5.56 Å². The number of carbonyl (C=O) groups is 1. The lowest BCUT2D eigenvalue weighted by molar-refractivity contribution is -0.139. The standard InChI is InChI=1S/C20H19N3O3/c21-16-8-4-7-14(11-16)17-10-9-15(19(24)23-17)12-22-18(20(25)26)13-5-2-1-3-6-13/h1-11,18,22H,12,21H2,(H,23,24)(H,25,26)/t18-/m1/s1. The number of aromatic nitrogens is 1. The molecule has 3 aromatic rings. The number of hydrogen-bond donors (Lipinski definition) is 4. The summed E-state index contributed by atoms with van der Waals surface area (Å²) in [5.41, 5.74) is 8.68. The number of aliphatic carboxylic acids is 1. The molecule has 132 valence electrons. The zero-order valence-corrected chi connectivity index (χ0v) is 14.0. The van der Waals surface area contributed by atoms with Crippen molar-refractivity contribution in [2.75, 3.05) is 5.73 Å². The monoisotopic (exact) mass is 349 g/mol. The number of benzene rings is 2. The predicted molar refractivity (Wildman–Crippen MR) is 101 cm³/mol. The fourth-order valence-electron chi connectivity index (χ4n) is 2.72. The summed E-state index contributed by atoms with van der Waals surface area (Å²) in [5, 5.41) is 12.4. The Morgan fingerprint density at radius 1 is 1.08 bits per heavy atom. The first kappa shape index (κ1) is 17.4. The summed E-state index contributed by atoms with van der Waals surface area (Å²) in [6.45, 7) is 0.137. The van der Waals surface area contributed by atoms with Gasteiger partial charge in [0.05, 0.1) is 0 Å². The molecule has 0 aliphatic carbocycles. The zero-order valence-electron chi connectivity index (χ0n) is 14.0. The lowest BCUT2D eigenvalue weighted by atomic mass is 10.1. The third-order valence-electron chi connectivity index (χ3n) is 4.07. The van der Waals surface area contributed by atoms with Crippen LogP contribution in [0, 0.1) is 0 Å². The molecule has 1 aromatic heterocycles. The van der Waals surface area contributed by atoms with Crippen LogP contribution >= 0.6 is 0 Å². The maximum Gasteiger partial charge on any atom is 0.325 e. The molecule has 0 saturated carbocycles. The van der Waals surface area contributed by atoms with E-state index in [0.29, 0.717) is 22.5 Å². The highest BCUT2D eigenvalue weighted by Gasteiger charge is 2.19. The molecule has 0 radical (unpaired) electrons. The Morgan fingerprint density at radius 2 is 1.85 bits per heavy atom. The summed E-state index contributed by atoms with van der Waals surface area (Å²) in [4.78, 5) is 26.7. The molecule has 5 N–H and O–H groups in total. The number of H-pyrrole nitrogens is 1. The van der Waals surface area contributed by atoms with Gasteiger partial charge in [0.2, 0.25) is 0 Å². The van der Waals surface area contributed by atoms with Gasteiger partial charge >= 0.3 is 5.97 Å². The third-order valence-corrected chi connectivity index (χ3v) is 4.07. The van der Waals surface area contributed by atoms with Gasteiger partial charge in [-0.3, -0.25) is 14.9 Å². The SMILES string of the molecule is Nc1cccc(-c2ccc(CN[C@@H](C(=O)O)c3ccccc3)c(=O)[nH]2)c1. The average molecular weight is 349 g/mol. The molecule has 1 atom stereocenters. The highest BCUT2D eigenvalue weighted by Crippen LogP contribution is 2.18. The number of carboxylic acid groups (broad SMARTS) is 1. The van der Waals surface area contributed by atoms with Gasteiger partial charge in [0.15, 0.2) is 0 Å². The Morgan fingerprint density at radius 3 is 2.50 bits per heavy atom. The minimum Gasteiger partial charge on any atom is -0.480 e. The Hall–Kier alpha value is -3.38. The van der Waals surface area contributed by atoms with Gasteiger partial charge in [-0.2, -0.15) is 0 Å². The summed E-state index contributed by atoms with van der Waals surface area (Å²) >= 11 is 0. The molecule has 0 unspecified atom stereocenters. The van der Waals surface area contributed by atoms with E-state index < -0.39 is 12.0 Å². The lowest BCUT2D eigenvalue weighted by Crippen LogP contribution is -2.30. The van der Waals surface area contributed by atoms with Gasteiger partial charge in [-0.15, -0.1) is 0 Å². The Balaban J connectivity index is 1.78. The van der Waals surface area contributed by atoms with Gasteiger partial charge in [-0.1, -0.05) is 48.5 Å². The van der Waals surface area contributed by atoms with Gasteiger partial charge in [-0.05, 0) is 23.8 Å². The van der Waals surface area contributed by atoms with Crippen molar-refractivity contribution in [1.29, 1.82) is 0 Å². The second-order valence-electron chi connectivity index (χ2n) is 5.91. The maximum absolute atomic E-state index is 12.3. The van der Waals surface area contributed by atoms with Gasteiger partial charge in [0.1, 0.15) is 6.04 Å². The molecule has 3 rings (SSSR count). The highest BCUT2D eigenvalue weighted by molar-refractivity contribution is 5.75. The molecule has 6 nitrogen and oxygen atoms in total. The van der Waals surface area contributed by atoms with Crippen LogP contribution in [0.5, 0.6) is 0 Å². The average Bonchev–Trinajstić information content (AvgIpc) is 2.63. The van der Waals surface area contributed by atoms with E-state index in [1.165, 1.54) is 0 Å². The third kappa shape index (κ3) is 3.99. The van der Waals surface area contributed by atoms with E-state index in [0.717, 1.165) is 5.56 Å². The molecule has 0 bridgehead atoms. The molecule has 0 amide bonds. The molecule has 6 heteroatoms. The fourth-order valence-corrected chi connectivity index (χ4v) is 2.72. The summed E-state index contributed by atoms with van der Waals surface area (Å²) in [7, 11) is 0. The van der Waals surface area contributed by atoms with Gasteiger partial charge in [0, 0.05) is 29.1 Å². The minimum absolute atomic E-state index is 0.137. The van der Waals surface area contributed by atoms with Crippen LogP contribution in [0.25, 0.3) is 11.3 Å². The lowest BCUT2D eigenvalue weighted by Gasteiger charge is -2.14. The van der Waals surface area contributed by atoms with Crippen LogP contribution < -0.4 is 16.6 Å². The van der Waals surface area contributed by atoms with Crippen molar-refractivity contribution in [1.82, 2.24) is 10.3 Å². The second kappa shape index (κ2) is 7.67. The molecular weight excluding hydrogens is 330 g/mol. The Labute approximate surface area is 150 Å². The summed E-state index contributed by atoms with van der Waals surface area (Å²) in [5.74, 6) is -0.996. The normalized spacial score (nSPS) is 11.8. The molecule has 2 aromatic carbocycles. The van der Waals surface area contributed by atoms with Crippen molar-refractivity contribution < 1.29 is 9.90 Å². The van der Waals surface area contributed by atoms with Crippen molar-refractivity contribution in [2.24, 2.45) is 0 Å². The number of anilines is 1. The highest BCUT2D eigenvalue weighted by atomic mass is 16.4. The fraction of sp³-hybridized carbons (Fsp3) is 0.100. The smallest absolute Gasteiger partial charge is 0.325 e. The van der Waals surface area contributed by atoms with Crippen molar-refractivity contribution in [3.63, 3.8) is 0 Å². The number of aromatic amines is 1. The van der Waals surface area contributed by atoms with Gasteiger partial charge < -0.3 is 15.8 Å². The summed E-state index contributed by atoms with van der Waals surface area (Å²) < 4.78 is 0. The van der Waals surface area contributed by atoms with Crippen LogP contribution in [0.3, 0.4) is 0 Å². The van der Waals surface area contributed by atoms with E-state index in [9.17, 15) is 14.7 Å². The molecule has 0 spiro atoms. The zero-order chi connectivity index (χ0) is 18.5. The van der Waals surface area contributed by atoms with Crippen molar-refractivity contribution >= 4 is 11.7 Å². The number of rotatable bonds is 6. The summed E-state index contributed by atoms with van der Waals surface area (Å²) in [6, 6.07) is 18.7. The van der Waals surface area contributed by atoms with Crippen LogP contribution in [0.2, 0.25) is 0 Å². The second-order valence-corrected chi connectivity index (χ2v) is 5.91. The van der Waals surface area contributed by atoms with Crippen molar-refractivity contribution in [3.8, 4) is 11.3 Å². The quantitative estimate of drug-likeness (QED) is 0.512. The number of carboxylic acids is 1. The van der Waals surface area contributed by atoms with Crippen LogP contribution in [-0.2, 0) is 11.3 Å². The number of nitrogens with two attached hydrogens (primary N) is 1. The molecular formula is C20H19N3O3. The first-order valence-corrected chi connectivity index (χ1v) is 8.14. The summed E-state index contributed by atoms with van der Waals surface area (Å²) in [6.07, 6.45) is 0. The number of nitrogens with one attached hydrogen (secondary N) is 2. The Kier molecular flexibility index (Phi) is 5.15. The topological polar surface area (TPSA) is 108 Å². The minimum atomic E-state index is -0.996. The molecule has 0 aliphatic rings. The molecule has 0 aliphatic heterocycles. The molecule has 1 heterocycles. The van der Waals surface area contributed by atoms with Crippen LogP contribution in [0.1, 0.15) is 17.2 Å². The van der Waals surface area contributed by atoms with E-state index in [1.807, 2.05) is 18.2 Å². The Bertz CT molecular complexity index is 967. The molecule has 0 saturated heterocycles. The van der Waals surface area contributed by atoms with Crippen molar-refractivity contribution in [2.45, 2.75) is 12.6 Å². The first-order valence-electron chi connectivity index (χ1n) is 8.14. The number of nitrogen functional groups attached to an aromatic ring is 1. The first-order chi connectivity index (χ1) is 12.5. The van der Waals surface area contributed by atoms with E-state index >= 15 is 0 Å². The predicted octanol–water partition coefficient (Wildman–Crippen LogP) is 2.54. The largest absolute Gasteiger partial charge is 0.480 e. The van der Waals surface area contributed by atoms with Gasteiger partial charge in [-0.25, -0.2) is 0 Å².